The summed E-state index contributed by atoms with van der Waals surface area (Å²) in [5, 5.41) is 0. The molecular weight excluding hydrogens is 196 g/mol. The molecule has 0 aliphatic heterocycles. The van der Waals surface area contributed by atoms with Gasteiger partial charge in [-0.1, -0.05) is 18.6 Å². The summed E-state index contributed by atoms with van der Waals surface area (Å²) in [6, 6.07) is 8.74. The van der Waals surface area contributed by atoms with Gasteiger partial charge in [-0.25, -0.2) is 0 Å². The Labute approximate surface area is 98.4 Å². The van der Waals surface area contributed by atoms with Gasteiger partial charge in [-0.15, -0.1) is 0 Å². The summed E-state index contributed by atoms with van der Waals surface area (Å²) in [6.07, 6.45) is 4.26. The summed E-state index contributed by atoms with van der Waals surface area (Å²) in [5.41, 5.74) is 7.90. The van der Waals surface area contributed by atoms with Gasteiger partial charge in [-0.2, -0.15) is 0 Å². The third-order valence-corrected chi connectivity index (χ3v) is 3.85. The number of benzene rings is 1. The molecule has 0 aromatic heterocycles. The molecule has 0 heterocycles. The topological polar surface area (TPSA) is 29.3 Å². The molecule has 1 aromatic carbocycles. The molecule has 88 valence electrons. The molecular formula is C14H22N2. The van der Waals surface area contributed by atoms with Gasteiger partial charge in [0.2, 0.25) is 0 Å². The van der Waals surface area contributed by atoms with Gasteiger partial charge in [0, 0.05) is 18.3 Å². The number of hydrogen-bond donors (Lipinski definition) is 1. The van der Waals surface area contributed by atoms with Crippen molar-refractivity contribution in [3.05, 3.63) is 29.8 Å². The van der Waals surface area contributed by atoms with Crippen LogP contribution in [0.1, 0.15) is 37.8 Å². The fourth-order valence-electron chi connectivity index (χ4n) is 2.27. The van der Waals surface area contributed by atoms with Crippen LogP contribution < -0.4 is 5.73 Å². The van der Waals surface area contributed by atoms with Gasteiger partial charge in [0.05, 0.1) is 0 Å². The lowest BCUT2D eigenvalue weighted by Gasteiger charge is -2.33. The SMILES string of the molecule is CC(c1ccc(N)cc1)N(C)CC1CCC1. The smallest absolute Gasteiger partial charge is 0.0316 e. The molecule has 1 aromatic rings. The maximum absolute atomic E-state index is 5.70. The Bertz CT molecular complexity index is 327. The summed E-state index contributed by atoms with van der Waals surface area (Å²) >= 11 is 0. The summed E-state index contributed by atoms with van der Waals surface area (Å²) < 4.78 is 0. The van der Waals surface area contributed by atoms with Gasteiger partial charge >= 0.3 is 0 Å². The van der Waals surface area contributed by atoms with Crippen LogP contribution in [0, 0.1) is 5.92 Å². The van der Waals surface area contributed by atoms with E-state index in [2.05, 4.69) is 31.0 Å². The summed E-state index contributed by atoms with van der Waals surface area (Å²) in [5.74, 6) is 0.932. The van der Waals surface area contributed by atoms with Crippen molar-refractivity contribution >= 4 is 5.69 Å². The highest BCUT2D eigenvalue weighted by atomic mass is 15.1. The Morgan fingerprint density at radius 1 is 1.31 bits per heavy atom. The fraction of sp³-hybridized carbons (Fsp3) is 0.571. The highest BCUT2D eigenvalue weighted by Gasteiger charge is 2.21. The van der Waals surface area contributed by atoms with Crippen molar-refractivity contribution in [3.63, 3.8) is 0 Å². The quantitative estimate of drug-likeness (QED) is 0.787. The minimum absolute atomic E-state index is 0.487. The van der Waals surface area contributed by atoms with E-state index in [0.29, 0.717) is 6.04 Å². The number of nitrogen functional groups attached to an aromatic ring is 1. The predicted octanol–water partition coefficient (Wildman–Crippen LogP) is 3.06. The Morgan fingerprint density at radius 3 is 2.44 bits per heavy atom. The van der Waals surface area contributed by atoms with Gasteiger partial charge in [0.1, 0.15) is 0 Å². The van der Waals surface area contributed by atoms with Gasteiger partial charge in [0.15, 0.2) is 0 Å². The fourth-order valence-corrected chi connectivity index (χ4v) is 2.27. The standard InChI is InChI=1S/C14H22N2/c1-11(13-6-8-14(15)9-7-13)16(2)10-12-4-3-5-12/h6-9,11-12H,3-5,10,15H2,1-2H3. The molecule has 1 unspecified atom stereocenters. The second-order valence-corrected chi connectivity index (χ2v) is 5.08. The first-order valence-corrected chi connectivity index (χ1v) is 6.22. The van der Waals surface area contributed by atoms with Crippen molar-refractivity contribution in [2.45, 2.75) is 32.2 Å². The van der Waals surface area contributed by atoms with Crippen LogP contribution in [0.25, 0.3) is 0 Å². The first-order valence-electron chi connectivity index (χ1n) is 6.22. The lowest BCUT2D eigenvalue weighted by molar-refractivity contribution is 0.170. The minimum atomic E-state index is 0.487. The second-order valence-electron chi connectivity index (χ2n) is 5.08. The number of rotatable bonds is 4. The van der Waals surface area contributed by atoms with Crippen molar-refractivity contribution in [3.8, 4) is 0 Å². The molecule has 0 bridgehead atoms. The molecule has 0 spiro atoms. The van der Waals surface area contributed by atoms with E-state index in [-0.39, 0.29) is 0 Å². The van der Waals surface area contributed by atoms with E-state index in [0.717, 1.165) is 11.6 Å². The van der Waals surface area contributed by atoms with Gasteiger partial charge < -0.3 is 5.73 Å². The van der Waals surface area contributed by atoms with Crippen LogP contribution >= 0.6 is 0 Å². The van der Waals surface area contributed by atoms with Gasteiger partial charge in [-0.3, -0.25) is 4.90 Å². The van der Waals surface area contributed by atoms with Crippen LogP contribution in [0.2, 0.25) is 0 Å². The van der Waals surface area contributed by atoms with Crippen LogP contribution in [-0.4, -0.2) is 18.5 Å². The van der Waals surface area contributed by atoms with E-state index >= 15 is 0 Å². The van der Waals surface area contributed by atoms with E-state index in [1.54, 1.807) is 0 Å². The Morgan fingerprint density at radius 2 is 1.94 bits per heavy atom. The average Bonchev–Trinajstić information content (AvgIpc) is 2.23. The summed E-state index contributed by atoms with van der Waals surface area (Å²) in [7, 11) is 2.22. The van der Waals surface area contributed by atoms with Gasteiger partial charge in [0.25, 0.3) is 0 Å². The zero-order chi connectivity index (χ0) is 11.5. The van der Waals surface area contributed by atoms with E-state index in [4.69, 9.17) is 5.73 Å². The molecule has 1 saturated carbocycles. The molecule has 1 aliphatic carbocycles. The van der Waals surface area contributed by atoms with Crippen LogP contribution in [0.3, 0.4) is 0 Å². The molecule has 0 radical (unpaired) electrons. The Kier molecular flexibility index (Phi) is 3.49. The molecule has 1 atom stereocenters. The monoisotopic (exact) mass is 218 g/mol. The molecule has 2 rings (SSSR count). The summed E-state index contributed by atoms with van der Waals surface area (Å²) in [4.78, 5) is 2.45. The summed E-state index contributed by atoms with van der Waals surface area (Å²) in [6.45, 7) is 3.50. The number of nitrogens with two attached hydrogens (primary N) is 1. The van der Waals surface area contributed by atoms with Crippen molar-refractivity contribution in [1.82, 2.24) is 4.90 Å². The number of hydrogen-bond acceptors (Lipinski definition) is 2. The second kappa shape index (κ2) is 4.88. The van der Waals surface area contributed by atoms with E-state index < -0.39 is 0 Å². The number of anilines is 1. The largest absolute Gasteiger partial charge is 0.399 e. The average molecular weight is 218 g/mol. The number of nitrogens with zero attached hydrogens (tertiary/aromatic N) is 1. The first kappa shape index (κ1) is 11.5. The van der Waals surface area contributed by atoms with Gasteiger partial charge in [-0.05, 0) is 50.4 Å². The van der Waals surface area contributed by atoms with Crippen LogP contribution in [-0.2, 0) is 0 Å². The third-order valence-electron chi connectivity index (χ3n) is 3.85. The van der Waals surface area contributed by atoms with Crippen molar-refractivity contribution in [2.24, 2.45) is 5.92 Å². The zero-order valence-electron chi connectivity index (χ0n) is 10.3. The van der Waals surface area contributed by atoms with E-state index in [1.165, 1.54) is 31.4 Å². The molecule has 0 saturated heterocycles. The maximum atomic E-state index is 5.70. The minimum Gasteiger partial charge on any atom is -0.399 e. The normalized spacial score (nSPS) is 18.4. The lowest BCUT2D eigenvalue weighted by Crippen LogP contribution is -2.31. The first-order chi connectivity index (χ1) is 7.66. The molecule has 2 heteroatoms. The zero-order valence-corrected chi connectivity index (χ0v) is 10.3. The van der Waals surface area contributed by atoms with Crippen molar-refractivity contribution in [2.75, 3.05) is 19.3 Å². The van der Waals surface area contributed by atoms with Crippen molar-refractivity contribution in [1.29, 1.82) is 0 Å². The van der Waals surface area contributed by atoms with E-state index in [1.807, 2.05) is 12.1 Å². The lowest BCUT2D eigenvalue weighted by atomic mass is 9.85. The molecule has 2 nitrogen and oxygen atoms in total. The predicted molar refractivity (Wildman–Crippen MR) is 69.2 cm³/mol. The molecule has 2 N–H and O–H groups in total. The maximum Gasteiger partial charge on any atom is 0.0316 e. The molecule has 16 heavy (non-hydrogen) atoms. The van der Waals surface area contributed by atoms with Crippen molar-refractivity contribution < 1.29 is 0 Å². The highest BCUT2D eigenvalue weighted by Crippen LogP contribution is 2.29. The van der Waals surface area contributed by atoms with E-state index in [9.17, 15) is 0 Å². The third kappa shape index (κ3) is 2.56. The Hall–Kier alpha value is -1.02. The van der Waals surface area contributed by atoms with Crippen LogP contribution in [0.15, 0.2) is 24.3 Å². The molecule has 0 amide bonds. The highest BCUT2D eigenvalue weighted by molar-refractivity contribution is 5.40. The molecule has 1 fully saturated rings. The van der Waals surface area contributed by atoms with Crippen LogP contribution in [0.5, 0.6) is 0 Å². The Balaban J connectivity index is 1.94. The van der Waals surface area contributed by atoms with Crippen LogP contribution in [0.4, 0.5) is 5.69 Å². The molecule has 1 aliphatic rings.